The first-order valence-electron chi connectivity index (χ1n) is 8.44. The fraction of sp³-hybridized carbons (Fsp3) is 0.556. The molecular weight excluding hydrogens is 306 g/mol. The molecule has 0 aliphatic carbocycles. The lowest BCUT2D eigenvalue weighted by Crippen LogP contribution is -2.47. The number of carbonyl (C=O) groups excluding carboxylic acids is 1. The van der Waals surface area contributed by atoms with Gasteiger partial charge in [0.15, 0.2) is 0 Å². The summed E-state index contributed by atoms with van der Waals surface area (Å²) >= 11 is 0. The van der Waals surface area contributed by atoms with Gasteiger partial charge >= 0.3 is 5.97 Å². The first kappa shape index (κ1) is 18.4. The highest BCUT2D eigenvalue weighted by Crippen LogP contribution is 2.15. The number of amides is 1. The molecule has 0 aromatic heterocycles. The molecule has 1 unspecified atom stereocenters. The van der Waals surface area contributed by atoms with E-state index in [9.17, 15) is 9.59 Å². The molecule has 24 heavy (non-hydrogen) atoms. The number of carboxylic acid groups (broad SMARTS) is 1. The first-order valence-corrected chi connectivity index (χ1v) is 8.44. The number of carboxylic acids is 1. The van der Waals surface area contributed by atoms with Gasteiger partial charge in [-0.15, -0.1) is 0 Å². The summed E-state index contributed by atoms with van der Waals surface area (Å²) in [5.41, 5.74) is 1.10. The molecule has 0 spiro atoms. The second-order valence-corrected chi connectivity index (χ2v) is 6.52. The van der Waals surface area contributed by atoms with Crippen LogP contribution in [0.5, 0.6) is 0 Å². The summed E-state index contributed by atoms with van der Waals surface area (Å²) in [5, 5.41) is 11.9. The van der Waals surface area contributed by atoms with Crippen molar-refractivity contribution in [2.45, 2.75) is 31.8 Å². The van der Waals surface area contributed by atoms with Gasteiger partial charge in [-0.2, -0.15) is 0 Å². The van der Waals surface area contributed by atoms with Gasteiger partial charge in [-0.25, -0.2) is 0 Å². The second kappa shape index (κ2) is 8.80. The maximum Gasteiger partial charge on any atom is 0.317 e. The molecule has 0 radical (unpaired) electrons. The van der Waals surface area contributed by atoms with Crippen LogP contribution in [0.25, 0.3) is 0 Å². The van der Waals surface area contributed by atoms with Gasteiger partial charge in [-0.05, 0) is 32.4 Å². The smallest absolute Gasteiger partial charge is 0.317 e. The zero-order valence-electron chi connectivity index (χ0n) is 14.4. The number of benzene rings is 1. The Kier molecular flexibility index (Phi) is 6.75. The average Bonchev–Trinajstić information content (AvgIpc) is 2.55. The van der Waals surface area contributed by atoms with E-state index >= 15 is 0 Å². The van der Waals surface area contributed by atoms with E-state index in [4.69, 9.17) is 5.11 Å². The number of hydrogen-bond donors (Lipinski definition) is 2. The van der Waals surface area contributed by atoms with Crippen molar-refractivity contribution in [1.82, 2.24) is 15.1 Å². The van der Waals surface area contributed by atoms with Crippen molar-refractivity contribution in [2.24, 2.45) is 0 Å². The van der Waals surface area contributed by atoms with Crippen LogP contribution in [-0.2, 0) is 9.59 Å². The van der Waals surface area contributed by atoms with Crippen LogP contribution in [0.15, 0.2) is 30.3 Å². The van der Waals surface area contributed by atoms with Crippen LogP contribution in [-0.4, -0.2) is 66.1 Å². The Bertz CT molecular complexity index is 542. The molecule has 0 saturated carbocycles. The third-order valence-corrected chi connectivity index (χ3v) is 4.61. The zero-order valence-corrected chi connectivity index (χ0v) is 14.4. The molecule has 1 heterocycles. The van der Waals surface area contributed by atoms with E-state index < -0.39 is 5.97 Å². The van der Waals surface area contributed by atoms with Gasteiger partial charge in [0.25, 0.3) is 0 Å². The first-order chi connectivity index (χ1) is 11.5. The molecule has 1 saturated heterocycles. The van der Waals surface area contributed by atoms with Gasteiger partial charge in [0.2, 0.25) is 5.91 Å². The number of piperidine rings is 1. The van der Waals surface area contributed by atoms with Crippen molar-refractivity contribution in [1.29, 1.82) is 0 Å². The van der Waals surface area contributed by atoms with Crippen LogP contribution < -0.4 is 5.32 Å². The molecule has 6 heteroatoms. The van der Waals surface area contributed by atoms with Gasteiger partial charge < -0.3 is 10.4 Å². The summed E-state index contributed by atoms with van der Waals surface area (Å²) < 4.78 is 0. The molecule has 1 atom stereocenters. The number of rotatable bonds is 7. The molecule has 1 aliphatic rings. The molecule has 1 fully saturated rings. The van der Waals surface area contributed by atoms with Crippen molar-refractivity contribution in [3.8, 4) is 0 Å². The van der Waals surface area contributed by atoms with E-state index in [-0.39, 0.29) is 24.5 Å². The van der Waals surface area contributed by atoms with Crippen molar-refractivity contribution in [3.05, 3.63) is 35.9 Å². The Morgan fingerprint density at radius 1 is 1.29 bits per heavy atom. The molecule has 1 amide bonds. The topological polar surface area (TPSA) is 72.9 Å². The molecule has 2 N–H and O–H groups in total. The minimum atomic E-state index is -0.797. The van der Waals surface area contributed by atoms with E-state index in [1.165, 1.54) is 0 Å². The summed E-state index contributed by atoms with van der Waals surface area (Å²) in [6.45, 7) is 4.09. The van der Waals surface area contributed by atoms with E-state index in [0.29, 0.717) is 6.54 Å². The van der Waals surface area contributed by atoms with Gasteiger partial charge in [0.05, 0.1) is 19.1 Å². The summed E-state index contributed by atoms with van der Waals surface area (Å²) in [4.78, 5) is 27.0. The third kappa shape index (κ3) is 5.62. The van der Waals surface area contributed by atoms with Gasteiger partial charge in [-0.3, -0.25) is 19.4 Å². The minimum Gasteiger partial charge on any atom is -0.480 e. The zero-order chi connectivity index (χ0) is 17.5. The van der Waals surface area contributed by atoms with Crippen molar-refractivity contribution in [2.75, 3.05) is 33.2 Å². The highest BCUT2D eigenvalue weighted by molar-refractivity contribution is 5.78. The average molecular weight is 333 g/mol. The van der Waals surface area contributed by atoms with Gasteiger partial charge in [-0.1, -0.05) is 30.3 Å². The van der Waals surface area contributed by atoms with Crippen LogP contribution in [0.2, 0.25) is 0 Å². The number of aliphatic carboxylic acids is 1. The summed E-state index contributed by atoms with van der Waals surface area (Å²) in [6, 6.07) is 10.2. The summed E-state index contributed by atoms with van der Waals surface area (Å²) in [5.74, 6) is -0.766. The number of carbonyl (C=O) groups is 2. The number of likely N-dealkylation sites (tertiary alicyclic amines) is 1. The van der Waals surface area contributed by atoms with E-state index in [2.05, 4.69) is 10.2 Å². The molecular formula is C18H27N3O3. The maximum absolute atomic E-state index is 12.2. The van der Waals surface area contributed by atoms with Crippen LogP contribution in [0.1, 0.15) is 31.4 Å². The largest absolute Gasteiger partial charge is 0.480 e. The second-order valence-electron chi connectivity index (χ2n) is 6.52. The number of likely N-dealkylation sites (N-methyl/N-ethyl adjacent to an activating group) is 1. The number of hydrogen-bond acceptors (Lipinski definition) is 4. The predicted octanol–water partition coefficient (Wildman–Crippen LogP) is 1.34. The maximum atomic E-state index is 12.2. The standard InChI is InChI=1S/C18H27N3O3/c1-14(15-6-4-3-5-7-15)19-17(22)12-21-10-8-16(9-11-21)20(2)13-18(23)24/h3-7,14,16H,8-13H2,1-2H3,(H,19,22)(H,23,24). The van der Waals surface area contributed by atoms with E-state index in [0.717, 1.165) is 31.5 Å². The summed E-state index contributed by atoms with van der Waals surface area (Å²) in [7, 11) is 1.85. The Morgan fingerprint density at radius 3 is 2.50 bits per heavy atom. The minimum absolute atomic E-state index is 0.00191. The van der Waals surface area contributed by atoms with E-state index in [1.54, 1.807) is 0 Å². The Hall–Kier alpha value is -1.92. The molecule has 1 aromatic rings. The number of nitrogens with one attached hydrogen (secondary N) is 1. The van der Waals surface area contributed by atoms with Crippen molar-refractivity contribution < 1.29 is 14.7 Å². The van der Waals surface area contributed by atoms with Crippen LogP contribution in [0.4, 0.5) is 0 Å². The molecule has 1 aromatic carbocycles. The lowest BCUT2D eigenvalue weighted by atomic mass is 10.0. The van der Waals surface area contributed by atoms with Gasteiger partial charge in [0.1, 0.15) is 0 Å². The molecule has 132 valence electrons. The third-order valence-electron chi connectivity index (χ3n) is 4.61. The Morgan fingerprint density at radius 2 is 1.92 bits per heavy atom. The lowest BCUT2D eigenvalue weighted by molar-refractivity contribution is -0.138. The van der Waals surface area contributed by atoms with Crippen LogP contribution in [0, 0.1) is 0 Å². The number of nitrogens with zero attached hydrogens (tertiary/aromatic N) is 2. The SMILES string of the molecule is CC(NC(=O)CN1CCC(N(C)CC(=O)O)CC1)c1ccccc1. The fourth-order valence-electron chi connectivity index (χ4n) is 3.18. The Labute approximate surface area is 143 Å². The van der Waals surface area contributed by atoms with E-state index in [1.807, 2.05) is 49.2 Å². The van der Waals surface area contributed by atoms with Crippen molar-refractivity contribution >= 4 is 11.9 Å². The fourth-order valence-corrected chi connectivity index (χ4v) is 3.18. The normalized spacial score (nSPS) is 17.6. The quantitative estimate of drug-likeness (QED) is 0.788. The van der Waals surface area contributed by atoms with Gasteiger partial charge in [0, 0.05) is 19.1 Å². The monoisotopic (exact) mass is 333 g/mol. The molecule has 0 bridgehead atoms. The highest BCUT2D eigenvalue weighted by Gasteiger charge is 2.24. The van der Waals surface area contributed by atoms with Crippen LogP contribution in [0.3, 0.4) is 0 Å². The summed E-state index contributed by atoms with van der Waals surface area (Å²) in [6.07, 6.45) is 1.79. The van der Waals surface area contributed by atoms with Crippen LogP contribution >= 0.6 is 0 Å². The van der Waals surface area contributed by atoms with Crippen molar-refractivity contribution in [3.63, 3.8) is 0 Å². The lowest BCUT2D eigenvalue weighted by Gasteiger charge is -2.35. The molecule has 1 aliphatic heterocycles. The highest BCUT2D eigenvalue weighted by atomic mass is 16.4. The molecule has 6 nitrogen and oxygen atoms in total. The predicted molar refractivity (Wildman–Crippen MR) is 92.7 cm³/mol. The molecule has 2 rings (SSSR count). The Balaban J connectivity index is 1.73.